The number of hydrogen-bond acceptors (Lipinski definition) is 5. The van der Waals surface area contributed by atoms with E-state index < -0.39 is 16.3 Å². The number of allylic oxidation sites excluding steroid dienone is 2. The van der Waals surface area contributed by atoms with Gasteiger partial charge in [-0.25, -0.2) is 19.4 Å². The normalized spacial score (nSPS) is 22.8. The Morgan fingerprint density at radius 3 is 2.85 bits per heavy atom. The van der Waals surface area contributed by atoms with E-state index in [9.17, 15) is 9.90 Å². The maximum absolute atomic E-state index is 11.8. The van der Waals surface area contributed by atoms with E-state index >= 15 is 0 Å². The second kappa shape index (κ2) is 8.05. The molecule has 2 N–H and O–H groups in total. The number of carboxylic acid groups (broad SMARTS) is 1. The van der Waals surface area contributed by atoms with Gasteiger partial charge in [-0.15, -0.1) is 11.6 Å². The fourth-order valence-corrected chi connectivity index (χ4v) is 7.06. The summed E-state index contributed by atoms with van der Waals surface area (Å²) in [4.78, 5) is 25.5. The molecule has 0 spiro atoms. The topological polar surface area (TPSA) is 99.9 Å². The van der Waals surface area contributed by atoms with Gasteiger partial charge in [0.1, 0.15) is 4.87 Å². The van der Waals surface area contributed by atoms with Gasteiger partial charge in [0, 0.05) is 54.3 Å². The first-order valence-corrected chi connectivity index (χ1v) is 13.7. The number of fused-ring (bicyclic) bond motifs is 10. The molecule has 0 bridgehead atoms. The van der Waals surface area contributed by atoms with Crippen LogP contribution in [0.2, 0.25) is 0 Å². The zero-order valence-electron chi connectivity index (χ0n) is 22.3. The average Bonchev–Trinajstić information content (AvgIpc) is 3.57. The molecule has 2 unspecified atom stereocenters. The molecule has 7 rings (SSSR count). The van der Waals surface area contributed by atoms with E-state index in [0.29, 0.717) is 31.0 Å². The predicted octanol–water partition coefficient (Wildman–Crippen LogP) is 5.29. The van der Waals surface area contributed by atoms with Crippen LogP contribution in [0.15, 0.2) is 42.7 Å². The quantitative estimate of drug-likeness (QED) is 0.342. The molecular formula is C30H29ClN6O2. The van der Waals surface area contributed by atoms with Crippen LogP contribution in [-0.2, 0) is 29.7 Å². The maximum Gasteiger partial charge on any atom is 0.354 e. The number of aromatic carboxylic acids is 1. The van der Waals surface area contributed by atoms with Crippen molar-refractivity contribution in [3.63, 3.8) is 0 Å². The lowest BCUT2D eigenvalue weighted by atomic mass is 9.63. The first-order chi connectivity index (χ1) is 18.6. The van der Waals surface area contributed by atoms with Crippen molar-refractivity contribution in [1.82, 2.24) is 24.7 Å². The third kappa shape index (κ3) is 3.18. The van der Waals surface area contributed by atoms with Crippen molar-refractivity contribution in [2.24, 2.45) is 0 Å². The number of halogens is 1. The number of carboxylic acids is 1. The summed E-state index contributed by atoms with van der Waals surface area (Å²) in [6, 6.07) is 8.63. The number of hydrogen-bond donors (Lipinski definition) is 2. The van der Waals surface area contributed by atoms with Crippen LogP contribution in [0.25, 0.3) is 11.3 Å². The highest BCUT2D eigenvalue weighted by Gasteiger charge is 2.51. The minimum Gasteiger partial charge on any atom is -0.476 e. The molecule has 0 saturated carbocycles. The van der Waals surface area contributed by atoms with Crippen LogP contribution >= 0.6 is 11.6 Å². The first kappa shape index (κ1) is 24.2. The second-order valence-corrected chi connectivity index (χ2v) is 11.8. The molecule has 1 aromatic carbocycles. The number of para-hydroxylation sites is 1. The Kier molecular flexibility index (Phi) is 4.99. The molecule has 0 saturated heterocycles. The van der Waals surface area contributed by atoms with E-state index in [2.05, 4.69) is 68.7 Å². The number of benzene rings is 1. The van der Waals surface area contributed by atoms with Crippen molar-refractivity contribution < 1.29 is 9.90 Å². The minimum atomic E-state index is -1.05. The summed E-state index contributed by atoms with van der Waals surface area (Å²) in [6.45, 7) is 9.40. The lowest BCUT2D eigenvalue weighted by molar-refractivity contribution is 0.0689. The Bertz CT molecular complexity index is 1730. The van der Waals surface area contributed by atoms with Gasteiger partial charge in [0.05, 0.1) is 22.5 Å². The molecule has 3 aliphatic rings. The Morgan fingerprint density at radius 2 is 2.08 bits per heavy atom. The van der Waals surface area contributed by atoms with Crippen molar-refractivity contribution in [2.45, 2.75) is 57.4 Å². The average molecular weight is 541 g/mol. The summed E-state index contributed by atoms with van der Waals surface area (Å²) in [6.07, 6.45) is 7.36. The first-order valence-electron chi connectivity index (χ1n) is 13.3. The standard InChI is InChI=1S/C30H29ClN6O2/c1-5-17-7-6-8-18-21-13-29(3,31)25-20(9-11-32-25)30(21,4)26-19-15-36(12-10-22(19)35-37(26)24(17)18)28-33-14-16(2)23(34-28)27(38)39/h6-9,11,13-14,32H,5,10,12,15H2,1-4H3,(H,38,39). The Hall–Kier alpha value is -3.91. The SMILES string of the molecule is CCc1cccc2c1-n1nc3c(c1C1(C)C2=CC(C)(Cl)c2[nH]ccc21)CN(c1ncc(C)c(C(=O)O)n1)CC3. The van der Waals surface area contributed by atoms with Gasteiger partial charge in [0.2, 0.25) is 5.95 Å². The van der Waals surface area contributed by atoms with E-state index in [-0.39, 0.29) is 5.69 Å². The summed E-state index contributed by atoms with van der Waals surface area (Å²) in [5.41, 5.74) is 10.2. The van der Waals surface area contributed by atoms with Crippen LogP contribution in [0.1, 0.15) is 76.2 Å². The van der Waals surface area contributed by atoms with Crippen molar-refractivity contribution in [3.8, 4) is 5.69 Å². The van der Waals surface area contributed by atoms with Crippen molar-refractivity contribution in [3.05, 3.63) is 93.3 Å². The fourth-order valence-electron chi connectivity index (χ4n) is 6.79. The molecule has 2 atom stereocenters. The van der Waals surface area contributed by atoms with E-state index in [1.54, 1.807) is 13.1 Å². The highest BCUT2D eigenvalue weighted by atomic mass is 35.5. The monoisotopic (exact) mass is 540 g/mol. The van der Waals surface area contributed by atoms with Gasteiger partial charge in [-0.2, -0.15) is 5.10 Å². The van der Waals surface area contributed by atoms with Gasteiger partial charge < -0.3 is 15.0 Å². The van der Waals surface area contributed by atoms with E-state index in [1.807, 2.05) is 13.1 Å². The fraction of sp³-hybridized carbons (Fsp3) is 0.333. The van der Waals surface area contributed by atoms with E-state index in [0.717, 1.165) is 45.9 Å². The third-order valence-corrected chi connectivity index (χ3v) is 8.98. The van der Waals surface area contributed by atoms with Crippen molar-refractivity contribution >= 4 is 29.1 Å². The summed E-state index contributed by atoms with van der Waals surface area (Å²) < 4.78 is 2.17. The minimum absolute atomic E-state index is 0.0344. The molecule has 3 aromatic heterocycles. The zero-order valence-corrected chi connectivity index (χ0v) is 23.1. The van der Waals surface area contributed by atoms with Gasteiger partial charge in [-0.3, -0.25) is 0 Å². The second-order valence-electron chi connectivity index (χ2n) is 11.1. The summed E-state index contributed by atoms with van der Waals surface area (Å²) in [5, 5.41) is 14.9. The number of alkyl halides is 1. The van der Waals surface area contributed by atoms with Crippen LogP contribution in [0.4, 0.5) is 5.95 Å². The number of H-pyrrole nitrogens is 1. The van der Waals surface area contributed by atoms with Crippen LogP contribution in [-0.4, -0.2) is 42.4 Å². The molecule has 1 aliphatic carbocycles. The van der Waals surface area contributed by atoms with Crippen LogP contribution in [0.3, 0.4) is 0 Å². The maximum atomic E-state index is 11.8. The Labute approximate surface area is 231 Å². The number of aromatic amines is 1. The molecular weight excluding hydrogens is 512 g/mol. The summed E-state index contributed by atoms with van der Waals surface area (Å²) in [7, 11) is 0. The summed E-state index contributed by atoms with van der Waals surface area (Å²) in [5.74, 6) is -0.622. The predicted molar refractivity (Wildman–Crippen MR) is 150 cm³/mol. The molecule has 4 aromatic rings. The molecule has 5 heterocycles. The van der Waals surface area contributed by atoms with Crippen molar-refractivity contribution in [2.75, 3.05) is 11.4 Å². The number of nitrogens with one attached hydrogen (secondary N) is 1. The number of aryl methyl sites for hydroxylation is 2. The highest BCUT2D eigenvalue weighted by molar-refractivity contribution is 6.26. The molecule has 0 fully saturated rings. The number of anilines is 1. The van der Waals surface area contributed by atoms with Crippen LogP contribution < -0.4 is 4.90 Å². The lowest BCUT2D eigenvalue weighted by Crippen LogP contribution is -2.41. The number of nitrogens with zero attached hydrogens (tertiary/aromatic N) is 5. The summed E-state index contributed by atoms with van der Waals surface area (Å²) >= 11 is 7.16. The smallest absolute Gasteiger partial charge is 0.354 e. The number of carbonyl (C=O) groups is 1. The number of aromatic nitrogens is 5. The molecule has 198 valence electrons. The molecule has 2 aliphatic heterocycles. The van der Waals surface area contributed by atoms with Crippen LogP contribution in [0, 0.1) is 6.92 Å². The zero-order chi connectivity index (χ0) is 27.3. The van der Waals surface area contributed by atoms with E-state index in [1.165, 1.54) is 11.1 Å². The molecule has 0 radical (unpaired) electrons. The lowest BCUT2D eigenvalue weighted by Gasteiger charge is -2.45. The third-order valence-electron chi connectivity index (χ3n) is 8.68. The van der Waals surface area contributed by atoms with Crippen LogP contribution in [0.5, 0.6) is 0 Å². The highest BCUT2D eigenvalue weighted by Crippen LogP contribution is 2.58. The number of rotatable bonds is 3. The van der Waals surface area contributed by atoms with Crippen molar-refractivity contribution in [1.29, 1.82) is 0 Å². The Morgan fingerprint density at radius 1 is 1.26 bits per heavy atom. The van der Waals surface area contributed by atoms with Gasteiger partial charge in [-0.05, 0) is 50.0 Å². The van der Waals surface area contributed by atoms with Gasteiger partial charge in [0.25, 0.3) is 0 Å². The van der Waals surface area contributed by atoms with Gasteiger partial charge >= 0.3 is 5.97 Å². The molecule has 9 heteroatoms. The largest absolute Gasteiger partial charge is 0.476 e. The van der Waals surface area contributed by atoms with Gasteiger partial charge in [0.15, 0.2) is 5.69 Å². The molecule has 8 nitrogen and oxygen atoms in total. The van der Waals surface area contributed by atoms with Gasteiger partial charge in [-0.1, -0.05) is 31.2 Å². The Balaban J connectivity index is 1.48. The van der Waals surface area contributed by atoms with E-state index in [4.69, 9.17) is 16.7 Å². The molecule has 0 amide bonds. The molecule has 39 heavy (non-hydrogen) atoms.